The summed E-state index contributed by atoms with van der Waals surface area (Å²) in [6.07, 6.45) is 0. The van der Waals surface area contributed by atoms with Crippen LogP contribution in [-0.4, -0.2) is 14.2 Å². The highest BCUT2D eigenvalue weighted by atomic mass is 79.9. The third kappa shape index (κ3) is 2.83. The van der Waals surface area contributed by atoms with Gasteiger partial charge in [-0.1, -0.05) is 46.3 Å². The summed E-state index contributed by atoms with van der Waals surface area (Å²) in [5, 5.41) is 0. The lowest BCUT2D eigenvalue weighted by Gasteiger charge is -2.17. The Morgan fingerprint density at radius 1 is 0.950 bits per heavy atom. The monoisotopic (exact) mass is 334 g/mol. The maximum Gasteiger partial charge on any atom is 0.124 e. The molecule has 3 heteroatoms. The third-order valence-corrected chi connectivity index (χ3v) is 4.41. The molecule has 0 N–H and O–H groups in total. The molecule has 0 bridgehead atoms. The first-order chi connectivity index (χ1) is 9.58. The molecule has 2 rings (SSSR count). The van der Waals surface area contributed by atoms with E-state index in [1.807, 2.05) is 18.2 Å². The normalized spacial score (nSPS) is 12.1. The van der Waals surface area contributed by atoms with Gasteiger partial charge < -0.3 is 9.47 Å². The van der Waals surface area contributed by atoms with Crippen molar-refractivity contribution in [3.63, 3.8) is 0 Å². The molecule has 2 nitrogen and oxygen atoms in total. The molecule has 1 unspecified atom stereocenters. The lowest BCUT2D eigenvalue weighted by atomic mass is 9.99. The van der Waals surface area contributed by atoms with Crippen molar-refractivity contribution in [2.24, 2.45) is 0 Å². The summed E-state index contributed by atoms with van der Waals surface area (Å²) in [6.45, 7) is 4.13. The number of methoxy groups -OCH3 is 2. The first-order valence-corrected chi connectivity index (χ1v) is 7.42. The Morgan fingerprint density at radius 2 is 1.55 bits per heavy atom. The molecular formula is C17H19BrO2. The van der Waals surface area contributed by atoms with Crippen LogP contribution in [0.2, 0.25) is 0 Å². The molecule has 0 aliphatic rings. The van der Waals surface area contributed by atoms with E-state index in [0.29, 0.717) is 0 Å². The topological polar surface area (TPSA) is 18.5 Å². The van der Waals surface area contributed by atoms with E-state index < -0.39 is 0 Å². The van der Waals surface area contributed by atoms with Crippen molar-refractivity contribution in [1.29, 1.82) is 0 Å². The van der Waals surface area contributed by atoms with Crippen molar-refractivity contribution in [1.82, 2.24) is 0 Å². The SMILES string of the molecule is COc1ccccc1C(Br)c1cc(C)c(OC)c(C)c1. The molecule has 0 radical (unpaired) electrons. The molecule has 20 heavy (non-hydrogen) atoms. The van der Waals surface area contributed by atoms with Crippen molar-refractivity contribution in [2.75, 3.05) is 14.2 Å². The Morgan fingerprint density at radius 3 is 2.10 bits per heavy atom. The molecule has 0 spiro atoms. The minimum absolute atomic E-state index is 0.0990. The Bertz CT molecular complexity index is 585. The minimum Gasteiger partial charge on any atom is -0.496 e. The van der Waals surface area contributed by atoms with Crippen molar-refractivity contribution in [3.8, 4) is 11.5 Å². The zero-order valence-electron chi connectivity index (χ0n) is 12.2. The van der Waals surface area contributed by atoms with Crippen LogP contribution in [0.5, 0.6) is 11.5 Å². The summed E-state index contributed by atoms with van der Waals surface area (Å²) in [7, 11) is 3.41. The lowest BCUT2D eigenvalue weighted by molar-refractivity contribution is 0.408. The molecule has 0 heterocycles. The molecule has 0 aromatic heterocycles. The van der Waals surface area contributed by atoms with E-state index in [0.717, 1.165) is 28.2 Å². The first-order valence-electron chi connectivity index (χ1n) is 6.50. The third-order valence-electron chi connectivity index (χ3n) is 3.39. The van der Waals surface area contributed by atoms with E-state index in [4.69, 9.17) is 9.47 Å². The highest BCUT2D eigenvalue weighted by Gasteiger charge is 2.17. The smallest absolute Gasteiger partial charge is 0.124 e. The van der Waals surface area contributed by atoms with Crippen LogP contribution in [0.25, 0.3) is 0 Å². The maximum absolute atomic E-state index is 5.44. The van der Waals surface area contributed by atoms with Crippen LogP contribution < -0.4 is 9.47 Å². The predicted octanol–water partition coefficient (Wildman–Crippen LogP) is 4.80. The van der Waals surface area contributed by atoms with Crippen molar-refractivity contribution < 1.29 is 9.47 Å². The number of alkyl halides is 1. The average molecular weight is 335 g/mol. The summed E-state index contributed by atoms with van der Waals surface area (Å²) < 4.78 is 10.9. The standard InChI is InChI=1S/C17H19BrO2/c1-11-9-13(10-12(2)17(11)20-4)16(18)14-7-5-6-8-15(14)19-3/h5-10,16H,1-4H3. The van der Waals surface area contributed by atoms with E-state index in [-0.39, 0.29) is 4.83 Å². The van der Waals surface area contributed by atoms with E-state index in [1.165, 1.54) is 5.56 Å². The fourth-order valence-corrected chi connectivity index (χ4v) is 3.15. The highest BCUT2D eigenvalue weighted by Crippen LogP contribution is 2.38. The van der Waals surface area contributed by atoms with E-state index in [2.05, 4.69) is 48.0 Å². The Kier molecular flexibility index (Phi) is 4.71. The molecular weight excluding hydrogens is 316 g/mol. The van der Waals surface area contributed by atoms with Gasteiger partial charge in [0.2, 0.25) is 0 Å². The maximum atomic E-state index is 5.44. The molecule has 106 valence electrons. The summed E-state index contributed by atoms with van der Waals surface area (Å²) >= 11 is 3.78. The zero-order chi connectivity index (χ0) is 14.7. The molecule has 0 aliphatic carbocycles. The van der Waals surface area contributed by atoms with Gasteiger partial charge in [-0.25, -0.2) is 0 Å². The number of hydrogen-bond donors (Lipinski definition) is 0. The fourth-order valence-electron chi connectivity index (χ4n) is 2.51. The summed E-state index contributed by atoms with van der Waals surface area (Å²) in [5.74, 6) is 1.84. The average Bonchev–Trinajstić information content (AvgIpc) is 2.46. The van der Waals surface area contributed by atoms with Gasteiger partial charge in [-0.2, -0.15) is 0 Å². The van der Waals surface area contributed by atoms with Gasteiger partial charge in [0.1, 0.15) is 11.5 Å². The molecule has 0 saturated heterocycles. The molecule has 0 amide bonds. The van der Waals surface area contributed by atoms with Gasteiger partial charge in [-0.3, -0.25) is 0 Å². The van der Waals surface area contributed by atoms with Gasteiger partial charge >= 0.3 is 0 Å². The largest absolute Gasteiger partial charge is 0.496 e. The van der Waals surface area contributed by atoms with Crippen LogP contribution in [0.3, 0.4) is 0 Å². The predicted molar refractivity (Wildman–Crippen MR) is 86.2 cm³/mol. The van der Waals surface area contributed by atoms with Gasteiger partial charge in [0.15, 0.2) is 0 Å². The lowest BCUT2D eigenvalue weighted by Crippen LogP contribution is -1.99. The fraction of sp³-hybridized carbons (Fsp3) is 0.294. The number of halogens is 1. The van der Waals surface area contributed by atoms with E-state index in [1.54, 1.807) is 14.2 Å². The molecule has 0 saturated carbocycles. The first kappa shape index (κ1) is 14.9. The van der Waals surface area contributed by atoms with Gasteiger partial charge in [-0.05, 0) is 36.6 Å². The van der Waals surface area contributed by atoms with Crippen LogP contribution >= 0.6 is 15.9 Å². The van der Waals surface area contributed by atoms with Gasteiger partial charge in [0, 0.05) is 5.56 Å². The van der Waals surface area contributed by atoms with Crippen LogP contribution in [0.1, 0.15) is 27.1 Å². The molecule has 2 aromatic carbocycles. The Labute approximate surface area is 128 Å². The molecule has 2 aromatic rings. The second kappa shape index (κ2) is 6.31. The summed E-state index contributed by atoms with van der Waals surface area (Å²) in [6, 6.07) is 12.4. The quantitative estimate of drug-likeness (QED) is 0.747. The highest BCUT2D eigenvalue weighted by molar-refractivity contribution is 9.09. The van der Waals surface area contributed by atoms with Gasteiger partial charge in [0.05, 0.1) is 19.0 Å². The minimum atomic E-state index is 0.0990. The zero-order valence-corrected chi connectivity index (χ0v) is 13.8. The number of para-hydroxylation sites is 1. The molecule has 0 fully saturated rings. The van der Waals surface area contributed by atoms with Crippen LogP contribution in [0.15, 0.2) is 36.4 Å². The molecule has 1 atom stereocenters. The Hall–Kier alpha value is -1.48. The van der Waals surface area contributed by atoms with Crippen molar-refractivity contribution in [3.05, 3.63) is 58.7 Å². The van der Waals surface area contributed by atoms with Gasteiger partial charge in [-0.15, -0.1) is 0 Å². The number of rotatable bonds is 4. The van der Waals surface area contributed by atoms with Crippen LogP contribution in [0.4, 0.5) is 0 Å². The number of ether oxygens (including phenoxy) is 2. The van der Waals surface area contributed by atoms with E-state index in [9.17, 15) is 0 Å². The summed E-state index contributed by atoms with van der Waals surface area (Å²) in [5.41, 5.74) is 4.60. The van der Waals surface area contributed by atoms with E-state index >= 15 is 0 Å². The Balaban J connectivity index is 2.46. The second-order valence-electron chi connectivity index (χ2n) is 4.79. The summed E-state index contributed by atoms with van der Waals surface area (Å²) in [4.78, 5) is 0.0990. The number of hydrogen-bond acceptors (Lipinski definition) is 2. The van der Waals surface area contributed by atoms with Crippen molar-refractivity contribution >= 4 is 15.9 Å². The number of benzene rings is 2. The second-order valence-corrected chi connectivity index (χ2v) is 5.71. The van der Waals surface area contributed by atoms with Crippen molar-refractivity contribution in [2.45, 2.75) is 18.7 Å². The van der Waals surface area contributed by atoms with Crippen LogP contribution in [-0.2, 0) is 0 Å². The molecule has 0 aliphatic heterocycles. The van der Waals surface area contributed by atoms with Gasteiger partial charge in [0.25, 0.3) is 0 Å². The van der Waals surface area contributed by atoms with Crippen LogP contribution in [0, 0.1) is 13.8 Å². The number of aryl methyl sites for hydroxylation is 2.